The quantitative estimate of drug-likeness (QED) is 0.884. The maximum atomic E-state index is 12.2. The molecule has 0 heterocycles. The Morgan fingerprint density at radius 2 is 1.76 bits per heavy atom. The Morgan fingerprint density at radius 1 is 1.24 bits per heavy atom. The monoisotopic (exact) mass is 313 g/mol. The lowest BCUT2D eigenvalue weighted by Gasteiger charge is -2.25. The second kappa shape index (κ2) is 8.00. The van der Waals surface area contributed by atoms with Crippen LogP contribution < -0.4 is 11.1 Å². The average molecular weight is 314 g/mol. The smallest absolute Gasteiger partial charge is 0.244 e. The van der Waals surface area contributed by atoms with Gasteiger partial charge in [-0.3, -0.25) is 9.59 Å². The van der Waals surface area contributed by atoms with Crippen LogP contribution in [0.1, 0.15) is 32.4 Å². The fraction of sp³-hybridized carbons (Fsp3) is 0.467. The Labute approximate surface area is 132 Å². The van der Waals surface area contributed by atoms with Crippen molar-refractivity contribution in [2.75, 3.05) is 13.6 Å². The summed E-state index contributed by atoms with van der Waals surface area (Å²) < 4.78 is 0. The second-order valence-electron chi connectivity index (χ2n) is 5.88. The lowest BCUT2D eigenvalue weighted by Crippen LogP contribution is -2.47. The Balaban J connectivity index is 0.00000400. The molecule has 0 aliphatic carbocycles. The van der Waals surface area contributed by atoms with E-state index in [1.807, 2.05) is 39.0 Å². The first kappa shape index (κ1) is 19.4. The zero-order chi connectivity index (χ0) is 15.3. The molecule has 5 nitrogen and oxygen atoms in total. The molecule has 1 aromatic carbocycles. The number of amides is 2. The molecule has 0 fully saturated rings. The van der Waals surface area contributed by atoms with Crippen molar-refractivity contribution in [3.8, 4) is 0 Å². The number of nitrogens with zero attached hydrogens (tertiary/aromatic N) is 1. The molecule has 1 aromatic rings. The van der Waals surface area contributed by atoms with Crippen molar-refractivity contribution in [1.29, 1.82) is 0 Å². The van der Waals surface area contributed by atoms with Crippen molar-refractivity contribution >= 4 is 24.2 Å². The highest BCUT2D eigenvalue weighted by Crippen LogP contribution is 2.12. The van der Waals surface area contributed by atoms with Gasteiger partial charge in [0.2, 0.25) is 11.8 Å². The van der Waals surface area contributed by atoms with Crippen molar-refractivity contribution in [1.82, 2.24) is 10.2 Å². The summed E-state index contributed by atoms with van der Waals surface area (Å²) in [4.78, 5) is 25.3. The average Bonchev–Trinajstić information content (AvgIpc) is 2.35. The number of likely N-dealkylation sites (N-methyl/N-ethyl adjacent to an activating group) is 1. The van der Waals surface area contributed by atoms with Crippen molar-refractivity contribution in [3.63, 3.8) is 0 Å². The summed E-state index contributed by atoms with van der Waals surface area (Å²) in [5, 5.41) is 2.81. The molecule has 0 spiro atoms. The third-order valence-corrected chi connectivity index (χ3v) is 2.70. The van der Waals surface area contributed by atoms with Crippen LogP contribution >= 0.6 is 12.4 Å². The highest BCUT2D eigenvalue weighted by atomic mass is 35.5. The minimum atomic E-state index is -0.747. The number of nitrogens with two attached hydrogens (primary N) is 1. The van der Waals surface area contributed by atoms with E-state index in [9.17, 15) is 9.59 Å². The standard InChI is InChI=1S/C15H23N3O2.ClH/c1-15(2,3)17-12(19)10-18(4)14(20)13(16)11-8-6-5-7-9-11;/h5-9,13H,10,16H2,1-4H3,(H,17,19);1H. The predicted octanol–water partition coefficient (Wildman–Crippen LogP) is 1.48. The second-order valence-corrected chi connectivity index (χ2v) is 5.88. The summed E-state index contributed by atoms with van der Waals surface area (Å²) in [6, 6.07) is 8.37. The summed E-state index contributed by atoms with van der Waals surface area (Å²) in [6.07, 6.45) is 0. The van der Waals surface area contributed by atoms with Gasteiger partial charge in [-0.25, -0.2) is 0 Å². The number of nitrogens with one attached hydrogen (secondary N) is 1. The van der Waals surface area contributed by atoms with E-state index in [0.717, 1.165) is 5.56 Å². The maximum Gasteiger partial charge on any atom is 0.244 e. The molecule has 0 radical (unpaired) electrons. The van der Waals surface area contributed by atoms with Gasteiger partial charge in [0, 0.05) is 12.6 Å². The van der Waals surface area contributed by atoms with Gasteiger partial charge in [0.15, 0.2) is 0 Å². The zero-order valence-electron chi connectivity index (χ0n) is 12.9. The van der Waals surface area contributed by atoms with Gasteiger partial charge >= 0.3 is 0 Å². The van der Waals surface area contributed by atoms with Crippen LogP contribution in [0.15, 0.2) is 30.3 Å². The molecule has 118 valence electrons. The molecule has 1 atom stereocenters. The molecule has 0 saturated heterocycles. The van der Waals surface area contributed by atoms with E-state index in [1.54, 1.807) is 19.2 Å². The number of benzene rings is 1. The van der Waals surface area contributed by atoms with Crippen LogP contribution in [0, 0.1) is 0 Å². The Hall–Kier alpha value is -1.59. The van der Waals surface area contributed by atoms with E-state index in [1.165, 1.54) is 4.90 Å². The van der Waals surface area contributed by atoms with Crippen molar-refractivity contribution in [2.45, 2.75) is 32.4 Å². The molecule has 6 heteroatoms. The van der Waals surface area contributed by atoms with Gasteiger partial charge in [0.1, 0.15) is 6.04 Å². The zero-order valence-corrected chi connectivity index (χ0v) is 13.7. The molecular formula is C15H24ClN3O2. The van der Waals surface area contributed by atoms with Gasteiger partial charge in [0.05, 0.1) is 6.54 Å². The van der Waals surface area contributed by atoms with E-state index in [4.69, 9.17) is 5.73 Å². The summed E-state index contributed by atoms with van der Waals surface area (Å²) in [7, 11) is 1.58. The lowest BCUT2D eigenvalue weighted by atomic mass is 10.1. The summed E-state index contributed by atoms with van der Waals surface area (Å²) in [5.41, 5.74) is 6.34. The number of hydrogen-bond donors (Lipinski definition) is 2. The lowest BCUT2D eigenvalue weighted by molar-refractivity contribution is -0.136. The topological polar surface area (TPSA) is 75.4 Å². The van der Waals surface area contributed by atoms with Crippen LogP contribution in [-0.2, 0) is 9.59 Å². The fourth-order valence-corrected chi connectivity index (χ4v) is 1.79. The molecule has 21 heavy (non-hydrogen) atoms. The highest BCUT2D eigenvalue weighted by Gasteiger charge is 2.22. The number of carbonyl (C=O) groups is 2. The van der Waals surface area contributed by atoms with Gasteiger partial charge in [-0.2, -0.15) is 0 Å². The van der Waals surface area contributed by atoms with Gasteiger partial charge in [-0.15, -0.1) is 12.4 Å². The van der Waals surface area contributed by atoms with Gasteiger partial charge in [0.25, 0.3) is 0 Å². The van der Waals surface area contributed by atoms with Crippen LogP contribution in [-0.4, -0.2) is 35.8 Å². The molecule has 1 rings (SSSR count). The predicted molar refractivity (Wildman–Crippen MR) is 86.2 cm³/mol. The van der Waals surface area contributed by atoms with E-state index < -0.39 is 6.04 Å². The molecule has 1 unspecified atom stereocenters. The summed E-state index contributed by atoms with van der Waals surface area (Å²) >= 11 is 0. The molecule has 0 aliphatic rings. The highest BCUT2D eigenvalue weighted by molar-refractivity contribution is 5.88. The number of hydrogen-bond acceptors (Lipinski definition) is 3. The third kappa shape index (κ3) is 6.60. The van der Waals surface area contributed by atoms with E-state index in [0.29, 0.717) is 0 Å². The molecule has 3 N–H and O–H groups in total. The van der Waals surface area contributed by atoms with Crippen LogP contribution in [0.5, 0.6) is 0 Å². The Bertz CT molecular complexity index is 472. The SMILES string of the molecule is CN(CC(=O)NC(C)(C)C)C(=O)C(N)c1ccccc1.Cl. The third-order valence-electron chi connectivity index (χ3n) is 2.70. The van der Waals surface area contributed by atoms with Crippen molar-refractivity contribution in [2.24, 2.45) is 5.73 Å². The van der Waals surface area contributed by atoms with Crippen LogP contribution in [0.4, 0.5) is 0 Å². The fourth-order valence-electron chi connectivity index (χ4n) is 1.79. The molecular weight excluding hydrogens is 290 g/mol. The Morgan fingerprint density at radius 3 is 2.24 bits per heavy atom. The molecule has 0 aliphatic heterocycles. The molecule has 0 saturated carbocycles. The molecule has 2 amide bonds. The number of halogens is 1. The normalized spacial score (nSPS) is 12.0. The largest absolute Gasteiger partial charge is 0.350 e. The first-order valence-corrected chi connectivity index (χ1v) is 6.57. The van der Waals surface area contributed by atoms with Crippen LogP contribution in [0.2, 0.25) is 0 Å². The summed E-state index contributed by atoms with van der Waals surface area (Å²) in [5.74, 6) is -0.478. The first-order valence-electron chi connectivity index (χ1n) is 6.57. The summed E-state index contributed by atoms with van der Waals surface area (Å²) in [6.45, 7) is 5.67. The van der Waals surface area contributed by atoms with E-state index in [-0.39, 0.29) is 36.3 Å². The van der Waals surface area contributed by atoms with Crippen LogP contribution in [0.3, 0.4) is 0 Å². The molecule has 0 bridgehead atoms. The molecule has 0 aromatic heterocycles. The van der Waals surface area contributed by atoms with Crippen LogP contribution in [0.25, 0.3) is 0 Å². The first-order chi connectivity index (χ1) is 9.20. The minimum Gasteiger partial charge on any atom is -0.350 e. The van der Waals surface area contributed by atoms with Gasteiger partial charge < -0.3 is 16.0 Å². The van der Waals surface area contributed by atoms with Gasteiger partial charge in [-0.05, 0) is 26.3 Å². The van der Waals surface area contributed by atoms with E-state index in [2.05, 4.69) is 5.32 Å². The van der Waals surface area contributed by atoms with Crippen molar-refractivity contribution < 1.29 is 9.59 Å². The maximum absolute atomic E-state index is 12.2. The number of carbonyl (C=O) groups excluding carboxylic acids is 2. The minimum absolute atomic E-state index is 0. The van der Waals surface area contributed by atoms with Gasteiger partial charge in [-0.1, -0.05) is 30.3 Å². The van der Waals surface area contributed by atoms with E-state index >= 15 is 0 Å². The number of rotatable bonds is 4. The Kier molecular flexibility index (Phi) is 7.39. The van der Waals surface area contributed by atoms with Crippen molar-refractivity contribution in [3.05, 3.63) is 35.9 Å².